The number of benzene rings is 2. The van der Waals surface area contributed by atoms with Gasteiger partial charge in [-0.1, -0.05) is 42.5 Å². The molecule has 0 saturated carbocycles. The molecule has 2 aromatic carbocycles. The molecule has 0 saturated heterocycles. The summed E-state index contributed by atoms with van der Waals surface area (Å²) in [6, 6.07) is 17.6. The number of nitrogens with zero attached hydrogens (tertiary/aromatic N) is 2. The lowest BCUT2D eigenvalue weighted by Crippen LogP contribution is -2.20. The van der Waals surface area contributed by atoms with Crippen molar-refractivity contribution in [3.8, 4) is 16.9 Å². The molecule has 0 aliphatic rings. The highest BCUT2D eigenvalue weighted by atomic mass is 32.2. The van der Waals surface area contributed by atoms with Crippen molar-refractivity contribution in [2.45, 2.75) is 5.75 Å². The van der Waals surface area contributed by atoms with Gasteiger partial charge < -0.3 is 5.11 Å². The molecule has 0 atom stereocenters. The van der Waals surface area contributed by atoms with Gasteiger partial charge in [0.1, 0.15) is 0 Å². The minimum Gasteiger partial charge on any atom is -0.476 e. The molecular weight excluding hydrogens is 354 g/mol. The van der Waals surface area contributed by atoms with Crippen LogP contribution in [0, 0.1) is 0 Å². The Kier molecular flexibility index (Phi) is 4.88. The van der Waals surface area contributed by atoms with E-state index in [9.17, 15) is 18.3 Å². The molecule has 26 heavy (non-hydrogen) atoms. The molecule has 0 bridgehead atoms. The Morgan fingerprint density at radius 1 is 1.12 bits per heavy atom. The van der Waals surface area contributed by atoms with Crippen LogP contribution in [0.1, 0.15) is 16.1 Å². The summed E-state index contributed by atoms with van der Waals surface area (Å²) in [4.78, 5) is 11.3. The Balaban J connectivity index is 2.02. The van der Waals surface area contributed by atoms with Gasteiger partial charge in [-0.15, -0.1) is 0 Å². The number of hydrogen-bond acceptors (Lipinski definition) is 4. The van der Waals surface area contributed by atoms with Crippen LogP contribution in [0.4, 0.5) is 0 Å². The molecule has 1 aromatic heterocycles. The second-order valence-electron chi connectivity index (χ2n) is 5.63. The maximum Gasteiger partial charge on any atom is 0.356 e. The zero-order chi connectivity index (χ0) is 18.7. The summed E-state index contributed by atoms with van der Waals surface area (Å²) in [6.07, 6.45) is 0. The number of nitrogens with one attached hydrogen (secondary N) is 1. The number of sulfonamides is 1. The highest BCUT2D eigenvalue weighted by Crippen LogP contribution is 2.24. The third-order valence-electron chi connectivity index (χ3n) is 3.85. The monoisotopic (exact) mass is 371 g/mol. The van der Waals surface area contributed by atoms with Crippen LogP contribution in [-0.4, -0.2) is 36.3 Å². The number of rotatable bonds is 6. The summed E-state index contributed by atoms with van der Waals surface area (Å²) in [6.45, 7) is 0. The fraction of sp³-hybridized carbons (Fsp3) is 0.111. The molecule has 2 N–H and O–H groups in total. The number of carboxylic acid groups (broad SMARTS) is 1. The highest BCUT2D eigenvalue weighted by molar-refractivity contribution is 7.88. The summed E-state index contributed by atoms with van der Waals surface area (Å²) in [7, 11) is -1.99. The van der Waals surface area contributed by atoms with Crippen molar-refractivity contribution in [3.05, 3.63) is 71.9 Å². The molecule has 3 rings (SSSR count). The van der Waals surface area contributed by atoms with Crippen molar-refractivity contribution in [2.75, 3.05) is 7.05 Å². The lowest BCUT2D eigenvalue weighted by Gasteiger charge is -2.09. The van der Waals surface area contributed by atoms with Gasteiger partial charge in [0.2, 0.25) is 10.0 Å². The van der Waals surface area contributed by atoms with Crippen LogP contribution in [0.15, 0.2) is 60.7 Å². The van der Waals surface area contributed by atoms with Crippen LogP contribution in [0.25, 0.3) is 16.9 Å². The second kappa shape index (κ2) is 7.11. The van der Waals surface area contributed by atoms with Gasteiger partial charge in [-0.2, -0.15) is 5.10 Å². The zero-order valence-corrected chi connectivity index (χ0v) is 14.8. The van der Waals surface area contributed by atoms with E-state index in [1.807, 2.05) is 30.3 Å². The summed E-state index contributed by atoms with van der Waals surface area (Å²) in [5.41, 5.74) is 2.66. The van der Waals surface area contributed by atoms with Crippen LogP contribution in [-0.2, 0) is 15.8 Å². The first kappa shape index (κ1) is 17.8. The Morgan fingerprint density at radius 3 is 2.35 bits per heavy atom. The third kappa shape index (κ3) is 3.81. The van der Waals surface area contributed by atoms with E-state index in [4.69, 9.17) is 0 Å². The van der Waals surface area contributed by atoms with E-state index in [-0.39, 0.29) is 11.4 Å². The molecule has 7 nitrogen and oxygen atoms in total. The van der Waals surface area contributed by atoms with Gasteiger partial charge in [0.15, 0.2) is 5.69 Å². The topological polar surface area (TPSA) is 101 Å². The molecule has 0 aliphatic heterocycles. The normalized spacial score (nSPS) is 11.4. The number of aromatic carboxylic acids is 1. The van der Waals surface area contributed by atoms with E-state index in [1.165, 1.54) is 17.8 Å². The van der Waals surface area contributed by atoms with Crippen LogP contribution in [0.5, 0.6) is 0 Å². The molecule has 0 aliphatic carbocycles. The van der Waals surface area contributed by atoms with Crippen molar-refractivity contribution < 1.29 is 18.3 Å². The van der Waals surface area contributed by atoms with Crippen LogP contribution < -0.4 is 4.72 Å². The molecule has 0 amide bonds. The van der Waals surface area contributed by atoms with Gasteiger partial charge in [-0.05, 0) is 30.8 Å². The summed E-state index contributed by atoms with van der Waals surface area (Å²) < 4.78 is 27.1. The van der Waals surface area contributed by atoms with Crippen molar-refractivity contribution in [2.24, 2.45) is 0 Å². The molecule has 134 valence electrons. The predicted octanol–water partition coefficient (Wildman–Crippen LogP) is 2.29. The first-order valence-electron chi connectivity index (χ1n) is 7.79. The Labute approximate surface area is 151 Å². The van der Waals surface area contributed by atoms with Gasteiger partial charge in [-0.25, -0.2) is 22.6 Å². The van der Waals surface area contributed by atoms with E-state index in [1.54, 1.807) is 24.3 Å². The van der Waals surface area contributed by atoms with Crippen LogP contribution in [0.2, 0.25) is 0 Å². The number of aromatic nitrogens is 2. The molecule has 0 unspecified atom stereocenters. The predicted molar refractivity (Wildman–Crippen MR) is 97.6 cm³/mol. The SMILES string of the molecule is CNS(=O)(=O)Cc1ccc(-n2nc(C(=O)O)cc2-c2ccccc2)cc1. The molecule has 0 spiro atoms. The van der Waals surface area contributed by atoms with Gasteiger partial charge >= 0.3 is 5.97 Å². The maximum atomic E-state index is 11.6. The Bertz CT molecular complexity index is 1030. The fourth-order valence-corrected chi connectivity index (χ4v) is 3.30. The first-order valence-corrected chi connectivity index (χ1v) is 9.44. The molecule has 1 heterocycles. The number of hydrogen-bond donors (Lipinski definition) is 2. The average molecular weight is 371 g/mol. The van der Waals surface area contributed by atoms with Crippen molar-refractivity contribution in [1.82, 2.24) is 14.5 Å². The quantitative estimate of drug-likeness (QED) is 0.692. The van der Waals surface area contributed by atoms with E-state index >= 15 is 0 Å². The summed E-state index contributed by atoms with van der Waals surface area (Å²) in [5.74, 6) is -1.24. The highest BCUT2D eigenvalue weighted by Gasteiger charge is 2.16. The minimum absolute atomic E-state index is 0.0642. The molecule has 0 radical (unpaired) electrons. The van der Waals surface area contributed by atoms with Gasteiger partial charge in [0, 0.05) is 5.56 Å². The van der Waals surface area contributed by atoms with E-state index < -0.39 is 16.0 Å². The molecular formula is C18H17N3O4S. The van der Waals surface area contributed by atoms with E-state index in [0.717, 1.165) is 5.56 Å². The summed E-state index contributed by atoms with van der Waals surface area (Å²) >= 11 is 0. The number of carbonyl (C=O) groups is 1. The van der Waals surface area contributed by atoms with Crippen molar-refractivity contribution in [1.29, 1.82) is 0 Å². The lowest BCUT2D eigenvalue weighted by molar-refractivity contribution is 0.0690. The van der Waals surface area contributed by atoms with Gasteiger partial charge in [0.05, 0.1) is 17.1 Å². The maximum absolute atomic E-state index is 11.6. The summed E-state index contributed by atoms with van der Waals surface area (Å²) in [5, 5.41) is 13.4. The van der Waals surface area contributed by atoms with Crippen LogP contribution >= 0.6 is 0 Å². The van der Waals surface area contributed by atoms with E-state index in [2.05, 4.69) is 9.82 Å². The number of carboxylic acids is 1. The van der Waals surface area contributed by atoms with E-state index in [0.29, 0.717) is 16.9 Å². The molecule has 8 heteroatoms. The molecule has 3 aromatic rings. The smallest absolute Gasteiger partial charge is 0.356 e. The second-order valence-corrected chi connectivity index (χ2v) is 7.55. The van der Waals surface area contributed by atoms with Crippen molar-refractivity contribution >= 4 is 16.0 Å². The van der Waals surface area contributed by atoms with Gasteiger partial charge in [0.25, 0.3) is 0 Å². The molecule has 0 fully saturated rings. The van der Waals surface area contributed by atoms with Gasteiger partial charge in [-0.3, -0.25) is 0 Å². The Morgan fingerprint density at radius 2 is 1.77 bits per heavy atom. The zero-order valence-electron chi connectivity index (χ0n) is 14.0. The standard InChI is InChI=1S/C18H17N3O4S/c1-19-26(24,25)12-13-7-9-15(10-8-13)21-17(11-16(20-21)18(22)23)14-5-3-2-4-6-14/h2-11,19H,12H2,1H3,(H,22,23). The largest absolute Gasteiger partial charge is 0.476 e. The lowest BCUT2D eigenvalue weighted by atomic mass is 10.1. The fourth-order valence-electron chi connectivity index (χ4n) is 2.52. The first-order chi connectivity index (χ1) is 12.4. The third-order valence-corrected chi connectivity index (χ3v) is 5.18. The van der Waals surface area contributed by atoms with Crippen LogP contribution in [0.3, 0.4) is 0 Å². The Hall–Kier alpha value is -2.97. The average Bonchev–Trinajstić information content (AvgIpc) is 3.08. The van der Waals surface area contributed by atoms with Crippen molar-refractivity contribution in [3.63, 3.8) is 0 Å². The minimum atomic E-state index is -3.36.